The van der Waals surface area contributed by atoms with E-state index < -0.39 is 10.8 Å². The number of hydrogen-bond donors (Lipinski definition) is 2. The average molecular weight is 298 g/mol. The van der Waals surface area contributed by atoms with Crippen molar-refractivity contribution in [3.63, 3.8) is 0 Å². The lowest BCUT2D eigenvalue weighted by Gasteiger charge is -1.89. The smallest absolute Gasteiger partial charge is 0.306 e. The molecule has 0 bridgehead atoms. The van der Waals surface area contributed by atoms with Gasteiger partial charge in [-0.25, -0.2) is 0 Å². The maximum absolute atomic E-state index is 9.56. The molecule has 2 aromatic heterocycles. The van der Waals surface area contributed by atoms with Gasteiger partial charge >= 0.3 is 11.9 Å². The molecule has 0 aliphatic heterocycles. The van der Waals surface area contributed by atoms with Crippen LogP contribution in [0.4, 0.5) is 23.8 Å². The number of nitrogen functional groups attached to an aromatic ring is 2. The van der Waals surface area contributed by atoms with E-state index in [2.05, 4.69) is 51.0 Å². The molecule has 0 radical (unpaired) electrons. The first-order chi connectivity index (χ1) is 9.47. The average Bonchev–Trinajstić information content (AvgIpc) is 2.39. The van der Waals surface area contributed by atoms with E-state index in [4.69, 9.17) is 11.5 Å². The molecular formula is C6H10N12OS. The molecule has 0 amide bonds. The van der Waals surface area contributed by atoms with Crippen LogP contribution in [0.15, 0.2) is 10.2 Å². The number of rotatable bonds is 2. The maximum Gasteiger partial charge on any atom is 0.306 e. The van der Waals surface area contributed by atoms with Crippen LogP contribution in [0.2, 0.25) is 0 Å². The summed E-state index contributed by atoms with van der Waals surface area (Å²) in [6, 6.07) is 0. The largest absolute Gasteiger partial charge is 0.365 e. The Labute approximate surface area is 114 Å². The Morgan fingerprint density at radius 3 is 1.25 bits per heavy atom. The minimum Gasteiger partial charge on any atom is -0.365 e. The lowest BCUT2D eigenvalue weighted by Crippen LogP contribution is -1.99. The first-order valence-electron chi connectivity index (χ1n) is 4.80. The fraction of sp³-hybridized carbons (Fsp3) is 0.333. The van der Waals surface area contributed by atoms with Gasteiger partial charge in [-0.1, -0.05) is 0 Å². The van der Waals surface area contributed by atoms with Crippen LogP contribution >= 0.6 is 0 Å². The summed E-state index contributed by atoms with van der Waals surface area (Å²) in [4.78, 5) is 0. The summed E-state index contributed by atoms with van der Waals surface area (Å²) in [7, 11) is -0.611. The van der Waals surface area contributed by atoms with Gasteiger partial charge in [0, 0.05) is 23.3 Å². The molecule has 0 aliphatic carbocycles. The van der Waals surface area contributed by atoms with Gasteiger partial charge in [0.05, 0.1) is 0 Å². The van der Waals surface area contributed by atoms with E-state index in [1.807, 2.05) is 0 Å². The van der Waals surface area contributed by atoms with Gasteiger partial charge in [0.2, 0.25) is 0 Å². The van der Waals surface area contributed by atoms with Crippen LogP contribution in [0.5, 0.6) is 0 Å². The first kappa shape index (κ1) is 15.3. The standard InChI is InChI=1S/C4H4N12.C2H6OS/c5-1-7-11-3(12-8-1)15-16-4-13-9-2(6)10-14-4;1-4(2)3/h(H2,5,7,8)(H2,6,9,10);1-2H3. The molecule has 4 N–H and O–H groups in total. The van der Waals surface area contributed by atoms with Crippen LogP contribution in [-0.4, -0.2) is 57.5 Å². The number of nitrogens with zero attached hydrogens (tertiary/aromatic N) is 10. The third-order valence-corrected chi connectivity index (χ3v) is 1.20. The van der Waals surface area contributed by atoms with E-state index in [1.54, 1.807) is 12.5 Å². The number of nitrogens with two attached hydrogens (primary N) is 2. The summed E-state index contributed by atoms with van der Waals surface area (Å²) >= 11 is 0. The molecule has 2 rings (SSSR count). The second-order valence-electron chi connectivity index (χ2n) is 3.06. The first-order valence-corrected chi connectivity index (χ1v) is 6.76. The molecule has 20 heavy (non-hydrogen) atoms. The molecule has 0 saturated heterocycles. The van der Waals surface area contributed by atoms with Gasteiger partial charge in [0.1, 0.15) is 0 Å². The summed E-state index contributed by atoms with van der Waals surface area (Å²) in [6.45, 7) is 0. The Hall–Kier alpha value is -2.77. The zero-order valence-electron chi connectivity index (χ0n) is 10.4. The lowest BCUT2D eigenvalue weighted by atomic mass is 11.0. The zero-order valence-corrected chi connectivity index (χ0v) is 11.3. The molecule has 0 unspecified atom stereocenters. The van der Waals surface area contributed by atoms with Crippen molar-refractivity contribution in [2.45, 2.75) is 0 Å². The molecule has 0 aliphatic rings. The number of anilines is 2. The van der Waals surface area contributed by atoms with E-state index in [-0.39, 0.29) is 23.8 Å². The molecule has 106 valence electrons. The summed E-state index contributed by atoms with van der Waals surface area (Å²) in [5, 5.41) is 34.6. The topological polar surface area (TPSA) is 197 Å². The minimum absolute atomic E-state index is 0.0639. The lowest BCUT2D eigenvalue weighted by molar-refractivity contribution is 0.690. The van der Waals surface area contributed by atoms with Crippen LogP contribution < -0.4 is 11.5 Å². The van der Waals surface area contributed by atoms with Gasteiger partial charge in [-0.3, -0.25) is 4.21 Å². The van der Waals surface area contributed by atoms with Crippen LogP contribution in [-0.2, 0) is 10.8 Å². The molecule has 13 nitrogen and oxygen atoms in total. The van der Waals surface area contributed by atoms with Crippen LogP contribution in [0, 0.1) is 0 Å². The monoisotopic (exact) mass is 298 g/mol. The predicted molar refractivity (Wildman–Crippen MR) is 68.2 cm³/mol. The molecule has 0 spiro atoms. The van der Waals surface area contributed by atoms with E-state index >= 15 is 0 Å². The SMILES string of the molecule is CS(C)=O.Nc1nnc(N=Nc2nnc(N)nn2)nn1. The number of hydrogen-bond acceptors (Lipinski definition) is 13. The third kappa shape index (κ3) is 6.24. The van der Waals surface area contributed by atoms with Crippen molar-refractivity contribution < 1.29 is 4.21 Å². The van der Waals surface area contributed by atoms with Crippen LogP contribution in [0.3, 0.4) is 0 Å². The van der Waals surface area contributed by atoms with E-state index in [9.17, 15) is 4.21 Å². The Kier molecular flexibility index (Phi) is 5.82. The van der Waals surface area contributed by atoms with Crippen molar-refractivity contribution >= 4 is 34.6 Å². The second kappa shape index (κ2) is 7.62. The third-order valence-electron chi connectivity index (χ3n) is 1.20. The van der Waals surface area contributed by atoms with Gasteiger partial charge in [-0.05, 0) is 0 Å². The Morgan fingerprint density at radius 2 is 1.00 bits per heavy atom. The predicted octanol–water partition coefficient (Wildman–Crippen LogP) is -1.58. The molecule has 0 aromatic carbocycles. The zero-order chi connectivity index (χ0) is 15.0. The quantitative estimate of drug-likeness (QED) is 0.606. The van der Waals surface area contributed by atoms with Crippen molar-refractivity contribution in [1.29, 1.82) is 0 Å². The Morgan fingerprint density at radius 1 is 0.750 bits per heavy atom. The summed E-state index contributed by atoms with van der Waals surface area (Å²) in [5.74, 6) is -0.304. The van der Waals surface area contributed by atoms with Crippen molar-refractivity contribution in [3.8, 4) is 0 Å². The Bertz CT molecular complexity index is 530. The maximum atomic E-state index is 9.56. The molecule has 0 atom stereocenters. The Balaban J connectivity index is 0.000000444. The molecular weight excluding hydrogens is 288 g/mol. The van der Waals surface area contributed by atoms with Gasteiger partial charge in [-0.15, -0.1) is 51.0 Å². The molecule has 14 heteroatoms. The minimum atomic E-state index is -0.611. The van der Waals surface area contributed by atoms with Crippen molar-refractivity contribution in [2.24, 2.45) is 10.2 Å². The summed E-state index contributed by atoms with van der Waals surface area (Å²) in [6.07, 6.45) is 3.28. The normalized spacial score (nSPS) is 10.3. The molecule has 2 heterocycles. The van der Waals surface area contributed by atoms with Gasteiger partial charge in [0.25, 0.3) is 11.9 Å². The van der Waals surface area contributed by atoms with Gasteiger partial charge < -0.3 is 11.5 Å². The van der Waals surface area contributed by atoms with Crippen molar-refractivity contribution in [2.75, 3.05) is 24.0 Å². The highest BCUT2D eigenvalue weighted by atomic mass is 32.2. The number of aromatic nitrogens is 8. The van der Waals surface area contributed by atoms with Crippen LogP contribution in [0.25, 0.3) is 0 Å². The van der Waals surface area contributed by atoms with Crippen molar-refractivity contribution in [3.05, 3.63) is 0 Å². The highest BCUT2D eigenvalue weighted by Gasteiger charge is 1.98. The summed E-state index contributed by atoms with van der Waals surface area (Å²) in [5.41, 5.74) is 10.3. The van der Waals surface area contributed by atoms with E-state index in [1.165, 1.54) is 0 Å². The fourth-order valence-electron chi connectivity index (χ4n) is 0.633. The highest BCUT2D eigenvalue weighted by molar-refractivity contribution is 7.83. The second-order valence-corrected chi connectivity index (χ2v) is 4.54. The van der Waals surface area contributed by atoms with Crippen molar-refractivity contribution in [1.82, 2.24) is 40.8 Å². The van der Waals surface area contributed by atoms with Gasteiger partial charge in [-0.2, -0.15) is 0 Å². The van der Waals surface area contributed by atoms with E-state index in [0.717, 1.165) is 0 Å². The number of azo groups is 1. The van der Waals surface area contributed by atoms with E-state index in [0.29, 0.717) is 0 Å². The highest BCUT2D eigenvalue weighted by Crippen LogP contribution is 2.05. The van der Waals surface area contributed by atoms with Gasteiger partial charge in [0.15, 0.2) is 0 Å². The molecule has 0 saturated carbocycles. The fourth-order valence-corrected chi connectivity index (χ4v) is 0.633. The van der Waals surface area contributed by atoms with Crippen LogP contribution in [0.1, 0.15) is 0 Å². The molecule has 0 fully saturated rings. The summed E-state index contributed by atoms with van der Waals surface area (Å²) < 4.78 is 9.56. The molecule has 2 aromatic rings.